The lowest BCUT2D eigenvalue weighted by molar-refractivity contribution is -0.151. The van der Waals surface area contributed by atoms with Gasteiger partial charge in [-0.1, -0.05) is 29.3 Å². The molecule has 0 saturated carbocycles. The van der Waals surface area contributed by atoms with E-state index in [-0.39, 0.29) is 12.2 Å². The number of fused-ring (bicyclic) bond motifs is 1. The van der Waals surface area contributed by atoms with Gasteiger partial charge in [-0.15, -0.1) is 0 Å². The zero-order valence-corrected chi connectivity index (χ0v) is 19.2. The number of carbonyl (C=O) groups excluding carboxylic acids is 2. The van der Waals surface area contributed by atoms with Gasteiger partial charge >= 0.3 is 5.97 Å². The molecule has 0 fully saturated rings. The molecule has 0 bridgehead atoms. The van der Waals surface area contributed by atoms with E-state index in [1.807, 2.05) is 0 Å². The number of aliphatic hydroxyl groups excluding tert-OH is 1. The molecule has 168 valence electrons. The summed E-state index contributed by atoms with van der Waals surface area (Å²) in [6.45, 7) is 1.95. The number of hydrogen-bond donors (Lipinski definition) is 1. The van der Waals surface area contributed by atoms with Crippen molar-refractivity contribution in [1.29, 1.82) is 0 Å². The number of hydrogen-bond acceptors (Lipinski definition) is 6. The SMILES string of the molecule is CCOC(=O)C(=O)C=C(O)c1cn(Cc2ccc(Cl)cc2Cl)c2c(OC)ccc(OC)c12. The Morgan fingerprint density at radius 2 is 1.78 bits per heavy atom. The Labute approximate surface area is 194 Å². The fraction of sp³-hybridized carbons (Fsp3) is 0.217. The van der Waals surface area contributed by atoms with Crippen molar-refractivity contribution in [3.8, 4) is 11.5 Å². The summed E-state index contributed by atoms with van der Waals surface area (Å²) in [6.07, 6.45) is 2.45. The van der Waals surface area contributed by atoms with E-state index in [0.717, 1.165) is 11.6 Å². The number of rotatable bonds is 8. The van der Waals surface area contributed by atoms with E-state index in [9.17, 15) is 14.7 Å². The molecule has 0 atom stereocenters. The monoisotopic (exact) mass is 477 g/mol. The van der Waals surface area contributed by atoms with Crippen LogP contribution in [0.4, 0.5) is 0 Å². The van der Waals surface area contributed by atoms with Crippen LogP contribution in [0.15, 0.2) is 42.6 Å². The molecule has 0 unspecified atom stereocenters. The summed E-state index contributed by atoms with van der Waals surface area (Å²) < 4.78 is 17.5. The van der Waals surface area contributed by atoms with Gasteiger partial charge in [-0.2, -0.15) is 0 Å². The standard InChI is InChI=1S/C23H21Cl2NO6/c1-4-32-23(29)18(28)10-17(27)15-12-26(11-13-5-6-14(24)9-16(13)25)22-20(31-3)8-7-19(30-2)21(15)22/h5-10,12,27H,4,11H2,1-3H3. The lowest BCUT2D eigenvalue weighted by Crippen LogP contribution is -2.15. The van der Waals surface area contributed by atoms with E-state index < -0.39 is 17.5 Å². The Morgan fingerprint density at radius 1 is 1.09 bits per heavy atom. The van der Waals surface area contributed by atoms with Crippen LogP contribution < -0.4 is 9.47 Å². The van der Waals surface area contributed by atoms with Crippen molar-refractivity contribution in [3.63, 3.8) is 0 Å². The molecule has 32 heavy (non-hydrogen) atoms. The Balaban J connectivity index is 2.20. The van der Waals surface area contributed by atoms with E-state index in [4.69, 9.17) is 37.4 Å². The van der Waals surface area contributed by atoms with Crippen LogP contribution in [-0.4, -0.2) is 42.3 Å². The highest BCUT2D eigenvalue weighted by Crippen LogP contribution is 2.40. The van der Waals surface area contributed by atoms with Gasteiger partial charge in [0.1, 0.15) is 17.3 Å². The number of ketones is 1. The molecule has 0 spiro atoms. The van der Waals surface area contributed by atoms with Crippen molar-refractivity contribution in [1.82, 2.24) is 4.57 Å². The highest BCUT2D eigenvalue weighted by Gasteiger charge is 2.22. The second-order valence-electron chi connectivity index (χ2n) is 6.71. The number of benzene rings is 2. The van der Waals surface area contributed by atoms with E-state index in [1.54, 1.807) is 48.0 Å². The normalized spacial score (nSPS) is 11.5. The van der Waals surface area contributed by atoms with Crippen LogP contribution in [0.25, 0.3) is 16.7 Å². The number of halogens is 2. The van der Waals surface area contributed by atoms with Crippen LogP contribution in [0.5, 0.6) is 11.5 Å². The minimum absolute atomic E-state index is 0.0470. The number of nitrogens with zero attached hydrogens (tertiary/aromatic N) is 1. The fourth-order valence-electron chi connectivity index (χ4n) is 3.33. The second kappa shape index (κ2) is 9.97. The first-order valence-corrected chi connectivity index (χ1v) is 10.4. The maximum absolute atomic E-state index is 12.1. The predicted octanol–water partition coefficient (Wildman–Crippen LogP) is 5.04. The van der Waals surface area contributed by atoms with Crippen LogP contribution in [0, 0.1) is 0 Å². The van der Waals surface area contributed by atoms with Crippen molar-refractivity contribution in [2.24, 2.45) is 0 Å². The van der Waals surface area contributed by atoms with Crippen molar-refractivity contribution < 1.29 is 28.9 Å². The number of aliphatic hydroxyl groups is 1. The van der Waals surface area contributed by atoms with Gasteiger partial charge in [0.15, 0.2) is 0 Å². The number of carbonyl (C=O) groups is 2. The molecule has 0 aliphatic heterocycles. The van der Waals surface area contributed by atoms with Crippen LogP contribution in [0.3, 0.4) is 0 Å². The first kappa shape index (κ1) is 23.5. The van der Waals surface area contributed by atoms with E-state index >= 15 is 0 Å². The van der Waals surface area contributed by atoms with Crippen molar-refractivity contribution in [3.05, 3.63) is 63.8 Å². The number of aromatic nitrogens is 1. The molecule has 3 aromatic rings. The molecule has 7 nitrogen and oxygen atoms in total. The van der Waals surface area contributed by atoms with Crippen molar-refractivity contribution in [2.75, 3.05) is 20.8 Å². The van der Waals surface area contributed by atoms with E-state index in [0.29, 0.717) is 39.0 Å². The summed E-state index contributed by atoms with van der Waals surface area (Å²) in [4.78, 5) is 23.8. The molecule has 0 saturated heterocycles. The van der Waals surface area contributed by atoms with E-state index in [2.05, 4.69) is 0 Å². The Bertz CT molecular complexity index is 1210. The molecule has 1 aromatic heterocycles. The highest BCUT2D eigenvalue weighted by atomic mass is 35.5. The fourth-order valence-corrected chi connectivity index (χ4v) is 3.80. The summed E-state index contributed by atoms with van der Waals surface area (Å²) in [5.74, 6) is -1.49. The van der Waals surface area contributed by atoms with Gasteiger partial charge in [-0.05, 0) is 36.8 Å². The number of ether oxygens (including phenoxy) is 3. The maximum Gasteiger partial charge on any atom is 0.379 e. The van der Waals surface area contributed by atoms with Gasteiger partial charge < -0.3 is 23.9 Å². The quantitative estimate of drug-likeness (QED) is 0.211. The van der Waals surface area contributed by atoms with Gasteiger partial charge in [0.25, 0.3) is 5.78 Å². The lowest BCUT2D eigenvalue weighted by atomic mass is 10.1. The number of methoxy groups -OCH3 is 2. The lowest BCUT2D eigenvalue weighted by Gasteiger charge is -2.12. The van der Waals surface area contributed by atoms with Crippen LogP contribution in [-0.2, 0) is 20.9 Å². The summed E-state index contributed by atoms with van der Waals surface area (Å²) in [5.41, 5.74) is 1.66. The molecular formula is C23H21Cl2NO6. The third-order valence-corrected chi connectivity index (χ3v) is 5.35. The van der Waals surface area contributed by atoms with Crippen molar-refractivity contribution >= 4 is 51.6 Å². The van der Waals surface area contributed by atoms with E-state index in [1.165, 1.54) is 14.2 Å². The summed E-state index contributed by atoms with van der Waals surface area (Å²) >= 11 is 12.4. The zero-order valence-electron chi connectivity index (χ0n) is 17.6. The maximum atomic E-state index is 12.1. The molecule has 9 heteroatoms. The Morgan fingerprint density at radius 3 is 2.41 bits per heavy atom. The molecule has 0 amide bonds. The molecule has 1 heterocycles. The Kier molecular flexibility index (Phi) is 7.33. The van der Waals surface area contributed by atoms with Gasteiger partial charge in [0, 0.05) is 34.4 Å². The topological polar surface area (TPSA) is 87.0 Å². The molecule has 0 aliphatic carbocycles. The molecular weight excluding hydrogens is 457 g/mol. The minimum Gasteiger partial charge on any atom is -0.507 e. The van der Waals surface area contributed by atoms with Crippen LogP contribution >= 0.6 is 23.2 Å². The predicted molar refractivity (Wildman–Crippen MR) is 123 cm³/mol. The summed E-state index contributed by atoms with van der Waals surface area (Å²) in [5, 5.41) is 12.2. The minimum atomic E-state index is -1.06. The highest BCUT2D eigenvalue weighted by molar-refractivity contribution is 6.39. The average Bonchev–Trinajstić information content (AvgIpc) is 3.15. The summed E-state index contributed by atoms with van der Waals surface area (Å²) in [7, 11) is 3.01. The largest absolute Gasteiger partial charge is 0.507 e. The zero-order chi connectivity index (χ0) is 23.4. The first-order valence-electron chi connectivity index (χ1n) is 9.60. The Hall–Kier alpha value is -3.16. The molecule has 2 aromatic carbocycles. The second-order valence-corrected chi connectivity index (χ2v) is 7.56. The third kappa shape index (κ3) is 4.69. The van der Waals surface area contributed by atoms with Gasteiger partial charge in [-0.25, -0.2) is 4.79 Å². The molecule has 0 aliphatic rings. The molecule has 3 rings (SSSR count). The smallest absolute Gasteiger partial charge is 0.379 e. The molecule has 1 N–H and O–H groups in total. The van der Waals surface area contributed by atoms with Crippen LogP contribution in [0.1, 0.15) is 18.1 Å². The van der Waals surface area contributed by atoms with Gasteiger partial charge in [0.05, 0.1) is 31.7 Å². The molecule has 0 radical (unpaired) electrons. The van der Waals surface area contributed by atoms with Crippen molar-refractivity contribution in [2.45, 2.75) is 13.5 Å². The van der Waals surface area contributed by atoms with Gasteiger partial charge in [-0.3, -0.25) is 4.79 Å². The van der Waals surface area contributed by atoms with Gasteiger partial charge in [0.2, 0.25) is 0 Å². The third-order valence-electron chi connectivity index (χ3n) is 4.76. The summed E-state index contributed by atoms with van der Waals surface area (Å²) in [6, 6.07) is 8.57. The average molecular weight is 478 g/mol. The number of esters is 1. The van der Waals surface area contributed by atoms with Crippen LogP contribution in [0.2, 0.25) is 10.0 Å². The first-order chi connectivity index (χ1) is 15.3.